The number of hydrogen-bond acceptors (Lipinski definition) is 3. The Bertz CT molecular complexity index is 482. The van der Waals surface area contributed by atoms with Gasteiger partial charge in [0.2, 0.25) is 0 Å². The highest BCUT2D eigenvalue weighted by molar-refractivity contribution is 7.87. The topological polar surface area (TPSA) is 66.5 Å². The maximum absolute atomic E-state index is 12.6. The van der Waals surface area contributed by atoms with Gasteiger partial charge >= 0.3 is 10.2 Å². The second kappa shape index (κ2) is 4.58. The lowest BCUT2D eigenvalue weighted by Gasteiger charge is -2.11. The first-order valence-electron chi connectivity index (χ1n) is 4.33. The minimum Gasteiger partial charge on any atom is -0.268 e. The van der Waals surface area contributed by atoms with Crippen LogP contribution in [-0.4, -0.2) is 32.7 Å². The second-order valence-electron chi connectivity index (χ2n) is 3.23. The minimum absolute atomic E-state index is 0.0758. The lowest BCUT2D eigenvalue weighted by Crippen LogP contribution is -2.39. The quantitative estimate of drug-likeness (QED) is 0.837. The summed E-state index contributed by atoms with van der Waals surface area (Å²) in [5.41, 5.74) is 0.0758. The van der Waals surface area contributed by atoms with Crippen molar-refractivity contribution in [1.29, 1.82) is 0 Å². The van der Waals surface area contributed by atoms with Crippen molar-refractivity contribution in [2.45, 2.75) is 0 Å². The van der Waals surface area contributed by atoms with Gasteiger partial charge in [-0.25, -0.2) is 9.11 Å². The summed E-state index contributed by atoms with van der Waals surface area (Å²) in [6, 6.07) is 4.57. The predicted molar refractivity (Wildman–Crippen MR) is 56.5 cm³/mol. The molecule has 0 spiro atoms. The monoisotopic (exact) mass is 246 g/mol. The maximum atomic E-state index is 12.6. The molecule has 0 saturated carbocycles. The summed E-state index contributed by atoms with van der Waals surface area (Å²) in [6.07, 6.45) is 0. The van der Waals surface area contributed by atoms with E-state index in [0.29, 0.717) is 0 Å². The third-order valence-electron chi connectivity index (χ3n) is 1.81. The predicted octanol–water partition coefficient (Wildman–Crippen LogP) is 0.362. The molecule has 0 atom stereocenters. The highest BCUT2D eigenvalue weighted by Crippen LogP contribution is 2.03. The second-order valence-corrected chi connectivity index (χ2v) is 5.11. The van der Waals surface area contributed by atoms with Gasteiger partial charge in [-0.15, -0.1) is 0 Å². The molecule has 1 aromatic carbocycles. The molecule has 88 valence electrons. The van der Waals surface area contributed by atoms with Gasteiger partial charge in [0, 0.05) is 19.7 Å². The molecule has 0 fully saturated rings. The summed E-state index contributed by atoms with van der Waals surface area (Å²) in [5.74, 6) is -1.29. The molecular weight excluding hydrogens is 235 g/mol. The van der Waals surface area contributed by atoms with Crippen LogP contribution in [-0.2, 0) is 10.2 Å². The van der Waals surface area contributed by atoms with Crippen molar-refractivity contribution in [3.63, 3.8) is 0 Å². The number of amides is 1. The fraction of sp³-hybridized carbons (Fsp3) is 0.222. The molecular formula is C9H11FN2O3S. The number of benzene rings is 1. The van der Waals surface area contributed by atoms with Crippen LogP contribution in [0.2, 0.25) is 0 Å². The van der Waals surface area contributed by atoms with E-state index in [2.05, 4.69) is 0 Å². The number of rotatable bonds is 3. The average Bonchev–Trinajstić information content (AvgIpc) is 2.17. The minimum atomic E-state index is -3.82. The van der Waals surface area contributed by atoms with Crippen molar-refractivity contribution in [2.75, 3.05) is 14.1 Å². The molecule has 1 N–H and O–H groups in total. The average molecular weight is 246 g/mol. The van der Waals surface area contributed by atoms with Crippen LogP contribution in [0.4, 0.5) is 4.39 Å². The molecule has 0 aromatic heterocycles. The van der Waals surface area contributed by atoms with Gasteiger partial charge in [-0.05, 0) is 24.3 Å². The Morgan fingerprint density at radius 1 is 1.25 bits per heavy atom. The third kappa shape index (κ3) is 3.01. The van der Waals surface area contributed by atoms with Gasteiger partial charge < -0.3 is 0 Å². The van der Waals surface area contributed by atoms with Crippen molar-refractivity contribution in [2.24, 2.45) is 0 Å². The molecule has 5 nitrogen and oxygen atoms in total. The molecule has 1 aromatic rings. The fourth-order valence-electron chi connectivity index (χ4n) is 0.869. The van der Waals surface area contributed by atoms with E-state index in [9.17, 15) is 17.6 Å². The van der Waals surface area contributed by atoms with Crippen LogP contribution in [0.25, 0.3) is 0 Å². The molecule has 0 unspecified atom stereocenters. The van der Waals surface area contributed by atoms with Crippen LogP contribution in [0.1, 0.15) is 10.4 Å². The number of carbonyl (C=O) groups is 1. The molecule has 0 heterocycles. The summed E-state index contributed by atoms with van der Waals surface area (Å²) in [6.45, 7) is 0. The molecule has 0 radical (unpaired) electrons. The van der Waals surface area contributed by atoms with Gasteiger partial charge in [0.05, 0.1) is 0 Å². The fourth-order valence-corrected chi connectivity index (χ4v) is 1.40. The smallest absolute Gasteiger partial charge is 0.268 e. The molecule has 0 saturated heterocycles. The van der Waals surface area contributed by atoms with Crippen LogP contribution in [0.15, 0.2) is 24.3 Å². The first kappa shape index (κ1) is 12.6. The van der Waals surface area contributed by atoms with Crippen LogP contribution in [0, 0.1) is 5.82 Å². The Kier molecular flexibility index (Phi) is 3.61. The van der Waals surface area contributed by atoms with Gasteiger partial charge in [0.1, 0.15) is 5.82 Å². The van der Waals surface area contributed by atoms with E-state index in [1.807, 2.05) is 4.72 Å². The van der Waals surface area contributed by atoms with Crippen molar-refractivity contribution < 1.29 is 17.6 Å². The highest BCUT2D eigenvalue weighted by Gasteiger charge is 2.17. The number of nitrogens with one attached hydrogen (secondary N) is 1. The first-order chi connectivity index (χ1) is 7.33. The summed E-state index contributed by atoms with van der Waals surface area (Å²) in [7, 11) is -1.23. The number of nitrogens with zero attached hydrogens (tertiary/aromatic N) is 1. The molecule has 1 amide bonds. The van der Waals surface area contributed by atoms with Crippen molar-refractivity contribution >= 4 is 16.1 Å². The Hall–Kier alpha value is -1.47. The summed E-state index contributed by atoms with van der Waals surface area (Å²) < 4.78 is 37.9. The third-order valence-corrected chi connectivity index (χ3v) is 3.21. The first-order valence-corrected chi connectivity index (χ1v) is 5.77. The summed E-state index contributed by atoms with van der Waals surface area (Å²) in [5, 5.41) is 0. The highest BCUT2D eigenvalue weighted by atomic mass is 32.2. The van der Waals surface area contributed by atoms with Crippen LogP contribution in [0.3, 0.4) is 0 Å². The molecule has 7 heteroatoms. The zero-order chi connectivity index (χ0) is 12.3. The van der Waals surface area contributed by atoms with Crippen LogP contribution < -0.4 is 4.72 Å². The number of halogens is 1. The lowest BCUT2D eigenvalue weighted by atomic mass is 10.2. The number of hydrogen-bond donors (Lipinski definition) is 1. The number of carbonyl (C=O) groups excluding carboxylic acids is 1. The standard InChI is InChI=1S/C9H11FN2O3S/c1-12(2)16(14,15)11-9(13)7-3-5-8(10)6-4-7/h3-6H,1-2H3,(H,11,13). The van der Waals surface area contributed by atoms with Gasteiger partial charge in [-0.2, -0.15) is 12.7 Å². The summed E-state index contributed by atoms with van der Waals surface area (Å²) in [4.78, 5) is 11.4. The van der Waals surface area contributed by atoms with Crippen LogP contribution in [0.5, 0.6) is 0 Å². The molecule has 0 aliphatic rings. The van der Waals surface area contributed by atoms with Gasteiger partial charge in [-0.1, -0.05) is 0 Å². The van der Waals surface area contributed by atoms with Gasteiger partial charge in [-0.3, -0.25) is 4.79 Å². The van der Waals surface area contributed by atoms with Crippen molar-refractivity contribution in [3.8, 4) is 0 Å². The Morgan fingerprint density at radius 2 is 1.75 bits per heavy atom. The Labute approximate surface area is 93.1 Å². The molecule has 0 bridgehead atoms. The van der Waals surface area contributed by atoms with E-state index in [1.54, 1.807) is 0 Å². The Morgan fingerprint density at radius 3 is 2.19 bits per heavy atom. The van der Waals surface area contributed by atoms with Gasteiger partial charge in [0.15, 0.2) is 0 Å². The zero-order valence-electron chi connectivity index (χ0n) is 8.77. The largest absolute Gasteiger partial charge is 0.303 e. The summed E-state index contributed by atoms with van der Waals surface area (Å²) >= 11 is 0. The van der Waals surface area contributed by atoms with E-state index in [-0.39, 0.29) is 5.56 Å². The lowest BCUT2D eigenvalue weighted by molar-refractivity contribution is 0.0979. The van der Waals surface area contributed by atoms with Crippen molar-refractivity contribution in [3.05, 3.63) is 35.6 Å². The van der Waals surface area contributed by atoms with E-state index < -0.39 is 21.9 Å². The normalized spacial score (nSPS) is 11.5. The van der Waals surface area contributed by atoms with E-state index in [0.717, 1.165) is 16.4 Å². The van der Waals surface area contributed by atoms with Crippen molar-refractivity contribution in [1.82, 2.24) is 9.03 Å². The van der Waals surface area contributed by atoms with Gasteiger partial charge in [0.25, 0.3) is 5.91 Å². The Balaban J connectivity index is 2.85. The molecule has 0 aliphatic heterocycles. The van der Waals surface area contributed by atoms with Crippen LogP contribution >= 0.6 is 0 Å². The SMILES string of the molecule is CN(C)S(=O)(=O)NC(=O)c1ccc(F)cc1. The zero-order valence-corrected chi connectivity index (χ0v) is 9.58. The molecule has 16 heavy (non-hydrogen) atoms. The molecule has 0 aliphatic carbocycles. The van der Waals surface area contributed by atoms with E-state index in [1.165, 1.54) is 26.2 Å². The maximum Gasteiger partial charge on any atom is 0.303 e. The van der Waals surface area contributed by atoms with E-state index >= 15 is 0 Å². The van der Waals surface area contributed by atoms with E-state index in [4.69, 9.17) is 0 Å². The molecule has 1 rings (SSSR count).